The molecular formula is C26H24N2O3. The molecule has 0 spiro atoms. The zero-order valence-corrected chi connectivity index (χ0v) is 17.3. The number of hydrogen-bond donors (Lipinski definition) is 1. The first-order valence-electron chi connectivity index (χ1n) is 10.3. The van der Waals surface area contributed by atoms with E-state index >= 15 is 0 Å². The van der Waals surface area contributed by atoms with E-state index in [1.54, 1.807) is 12.1 Å². The molecule has 1 aliphatic rings. The molecule has 2 N–H and O–H groups in total. The van der Waals surface area contributed by atoms with E-state index in [0.717, 1.165) is 17.7 Å². The van der Waals surface area contributed by atoms with Crippen molar-refractivity contribution < 1.29 is 14.3 Å². The van der Waals surface area contributed by atoms with E-state index in [1.165, 1.54) is 16.7 Å². The Bertz CT molecular complexity index is 1140. The van der Waals surface area contributed by atoms with Gasteiger partial charge in [0.15, 0.2) is 0 Å². The van der Waals surface area contributed by atoms with Gasteiger partial charge in [-0.05, 0) is 46.7 Å². The smallest absolute Gasteiger partial charge is 0.268 e. The lowest BCUT2D eigenvalue weighted by atomic mass is 9.93. The number of primary amides is 1. The van der Waals surface area contributed by atoms with Crippen LogP contribution in [-0.4, -0.2) is 18.0 Å². The fraction of sp³-hybridized carbons (Fsp3) is 0.192. The molecular weight excluding hydrogens is 388 g/mol. The maximum atomic E-state index is 11.7. The monoisotopic (exact) mass is 412 g/mol. The highest BCUT2D eigenvalue weighted by Gasteiger charge is 2.28. The lowest BCUT2D eigenvalue weighted by Gasteiger charge is -2.14. The molecule has 3 aromatic carbocycles. The summed E-state index contributed by atoms with van der Waals surface area (Å²) in [5.41, 5.74) is 10.7. The normalized spacial score (nSPS) is 17.8. The Labute approximate surface area is 181 Å². The highest BCUT2D eigenvalue weighted by molar-refractivity contribution is 6.46. The van der Waals surface area contributed by atoms with Crippen LogP contribution < -0.4 is 10.5 Å². The van der Waals surface area contributed by atoms with Gasteiger partial charge in [-0.15, -0.1) is 0 Å². The summed E-state index contributed by atoms with van der Waals surface area (Å²) >= 11 is 0. The summed E-state index contributed by atoms with van der Waals surface area (Å²) in [5.74, 6) is 0.931. The molecule has 2 atom stereocenters. The van der Waals surface area contributed by atoms with Crippen LogP contribution >= 0.6 is 0 Å². The highest BCUT2D eigenvalue weighted by atomic mass is 16.5. The van der Waals surface area contributed by atoms with Gasteiger partial charge in [-0.25, -0.2) is 4.99 Å². The number of fused-ring (bicyclic) bond motifs is 1. The summed E-state index contributed by atoms with van der Waals surface area (Å²) < 4.78 is 5.95. The Balaban J connectivity index is 1.50. The first kappa shape index (κ1) is 20.5. The van der Waals surface area contributed by atoms with Gasteiger partial charge < -0.3 is 10.5 Å². The zero-order chi connectivity index (χ0) is 21.8. The minimum atomic E-state index is -0.755. The topological polar surface area (TPSA) is 81.8 Å². The molecule has 5 nitrogen and oxygen atoms in total. The third-order valence-corrected chi connectivity index (χ3v) is 5.86. The van der Waals surface area contributed by atoms with Gasteiger partial charge in [0.2, 0.25) is 6.41 Å². The van der Waals surface area contributed by atoms with Gasteiger partial charge in [0.25, 0.3) is 5.91 Å². The van der Waals surface area contributed by atoms with E-state index in [9.17, 15) is 9.59 Å². The number of rotatable bonds is 7. The molecule has 31 heavy (non-hydrogen) atoms. The fourth-order valence-electron chi connectivity index (χ4n) is 4.35. The van der Waals surface area contributed by atoms with Crippen molar-refractivity contribution in [2.24, 2.45) is 10.7 Å². The average Bonchev–Trinajstić information content (AvgIpc) is 3.13. The highest BCUT2D eigenvalue weighted by Crippen LogP contribution is 2.44. The number of carbonyl (C=O) groups excluding carboxylic acids is 2. The van der Waals surface area contributed by atoms with E-state index in [4.69, 9.17) is 10.5 Å². The zero-order valence-electron chi connectivity index (χ0n) is 17.3. The van der Waals surface area contributed by atoms with Crippen molar-refractivity contribution in [2.45, 2.75) is 31.8 Å². The van der Waals surface area contributed by atoms with Crippen LogP contribution in [0.4, 0.5) is 0 Å². The third kappa shape index (κ3) is 4.26. The van der Waals surface area contributed by atoms with E-state index in [2.05, 4.69) is 48.3 Å². The predicted molar refractivity (Wildman–Crippen MR) is 120 cm³/mol. The number of benzene rings is 3. The number of nitrogens with zero attached hydrogens (tertiary/aromatic N) is 1. The quantitative estimate of drug-likeness (QED) is 0.463. The maximum Gasteiger partial charge on any atom is 0.268 e. The molecule has 4 rings (SSSR count). The Hall–Kier alpha value is -3.73. The standard InChI is InChI=1S/C26H24N2O3/c1-17-14-24(23-9-5-4-7-21(17)23)18-10-12-20(13-11-18)31-15-19-6-2-3-8-22(19)25(26(27)30)28-16-29/h2-13,16-17,24H,14-15H2,1H3,(H2,27,30). The number of carbonyl (C=O) groups is 2. The number of amides is 2. The second kappa shape index (κ2) is 8.96. The lowest BCUT2D eigenvalue weighted by Crippen LogP contribution is -2.25. The van der Waals surface area contributed by atoms with Crippen LogP contribution in [0.3, 0.4) is 0 Å². The first-order valence-corrected chi connectivity index (χ1v) is 10.3. The maximum absolute atomic E-state index is 11.7. The number of aliphatic imine (C=N–C) groups is 1. The van der Waals surface area contributed by atoms with Crippen molar-refractivity contribution in [1.29, 1.82) is 0 Å². The minimum Gasteiger partial charge on any atom is -0.489 e. The Kier molecular flexibility index (Phi) is 5.94. The van der Waals surface area contributed by atoms with Gasteiger partial charge in [0, 0.05) is 11.5 Å². The van der Waals surface area contributed by atoms with Crippen molar-refractivity contribution in [2.75, 3.05) is 0 Å². The molecule has 1 aliphatic carbocycles. The largest absolute Gasteiger partial charge is 0.489 e. The lowest BCUT2D eigenvalue weighted by molar-refractivity contribution is -0.112. The Morgan fingerprint density at radius 2 is 1.71 bits per heavy atom. The molecule has 3 aromatic rings. The van der Waals surface area contributed by atoms with Crippen LogP contribution in [0.2, 0.25) is 0 Å². The average molecular weight is 412 g/mol. The van der Waals surface area contributed by atoms with Gasteiger partial charge >= 0.3 is 0 Å². The van der Waals surface area contributed by atoms with Crippen molar-refractivity contribution in [3.8, 4) is 5.75 Å². The molecule has 0 radical (unpaired) electrons. The Morgan fingerprint density at radius 3 is 2.42 bits per heavy atom. The number of hydrogen-bond acceptors (Lipinski definition) is 3. The van der Waals surface area contributed by atoms with Crippen LogP contribution in [0.25, 0.3) is 0 Å². The predicted octanol–water partition coefficient (Wildman–Crippen LogP) is 4.34. The molecule has 2 amide bonds. The minimum absolute atomic E-state index is 0.0708. The summed E-state index contributed by atoms with van der Waals surface area (Å²) in [6.07, 6.45) is 1.43. The van der Waals surface area contributed by atoms with Crippen LogP contribution in [-0.2, 0) is 16.2 Å². The van der Waals surface area contributed by atoms with Gasteiger partial charge in [-0.3, -0.25) is 9.59 Å². The van der Waals surface area contributed by atoms with Gasteiger partial charge in [0.1, 0.15) is 18.1 Å². The van der Waals surface area contributed by atoms with E-state index in [-0.39, 0.29) is 12.3 Å². The second-order valence-electron chi connectivity index (χ2n) is 7.78. The molecule has 0 saturated heterocycles. The van der Waals surface area contributed by atoms with Crippen molar-refractivity contribution in [1.82, 2.24) is 0 Å². The first-order chi connectivity index (χ1) is 15.1. The van der Waals surface area contributed by atoms with Crippen LogP contribution in [0.5, 0.6) is 5.75 Å². The molecule has 0 fully saturated rings. The summed E-state index contributed by atoms with van der Waals surface area (Å²) in [5, 5.41) is 0. The van der Waals surface area contributed by atoms with Gasteiger partial charge in [0.05, 0.1) is 0 Å². The van der Waals surface area contributed by atoms with Gasteiger partial charge in [-0.1, -0.05) is 67.6 Å². The molecule has 5 heteroatoms. The number of ether oxygens (including phenoxy) is 1. The number of nitrogens with two attached hydrogens (primary N) is 1. The SMILES string of the molecule is CC1CC(c2ccc(OCc3ccccc3C(=NC=O)C(N)=O)cc2)c2ccccc21. The fourth-order valence-corrected chi connectivity index (χ4v) is 4.35. The molecule has 0 heterocycles. The van der Waals surface area contributed by atoms with E-state index in [1.807, 2.05) is 24.3 Å². The molecule has 0 bridgehead atoms. The van der Waals surface area contributed by atoms with Crippen LogP contribution in [0.1, 0.15) is 53.0 Å². The molecule has 0 saturated carbocycles. The summed E-state index contributed by atoms with van der Waals surface area (Å²) in [6, 6.07) is 24.0. The van der Waals surface area contributed by atoms with Gasteiger partial charge in [-0.2, -0.15) is 0 Å². The summed E-state index contributed by atoms with van der Waals surface area (Å²) in [6.45, 7) is 2.51. The van der Waals surface area contributed by atoms with Crippen molar-refractivity contribution >= 4 is 18.0 Å². The molecule has 2 unspecified atom stereocenters. The van der Waals surface area contributed by atoms with E-state index in [0.29, 0.717) is 23.8 Å². The molecule has 0 aromatic heterocycles. The molecule has 0 aliphatic heterocycles. The summed E-state index contributed by atoms with van der Waals surface area (Å²) in [7, 11) is 0. The summed E-state index contributed by atoms with van der Waals surface area (Å²) in [4.78, 5) is 26.1. The van der Waals surface area contributed by atoms with Crippen LogP contribution in [0, 0.1) is 0 Å². The second-order valence-corrected chi connectivity index (χ2v) is 7.78. The van der Waals surface area contributed by atoms with E-state index < -0.39 is 5.91 Å². The van der Waals surface area contributed by atoms with Crippen molar-refractivity contribution in [3.05, 3.63) is 101 Å². The van der Waals surface area contributed by atoms with Crippen molar-refractivity contribution in [3.63, 3.8) is 0 Å². The molecule has 156 valence electrons. The van der Waals surface area contributed by atoms with Crippen LogP contribution in [0.15, 0.2) is 77.8 Å². The Morgan fingerprint density at radius 1 is 1.03 bits per heavy atom. The third-order valence-electron chi connectivity index (χ3n) is 5.86.